The fourth-order valence-corrected chi connectivity index (χ4v) is 2.96. The molecule has 0 fully saturated rings. The van der Waals surface area contributed by atoms with E-state index in [1.165, 1.54) is 6.92 Å². The minimum absolute atomic E-state index is 0.0925. The molecule has 2 atom stereocenters. The summed E-state index contributed by atoms with van der Waals surface area (Å²) in [6.45, 7) is 3.01. The lowest BCUT2D eigenvalue weighted by molar-refractivity contribution is -0.726. The molecule has 2 aromatic carbocycles. The van der Waals surface area contributed by atoms with E-state index in [4.69, 9.17) is 4.74 Å². The van der Waals surface area contributed by atoms with Crippen LogP contribution in [0.15, 0.2) is 60.7 Å². The van der Waals surface area contributed by atoms with E-state index in [1.54, 1.807) is 67.6 Å². The van der Waals surface area contributed by atoms with Gasteiger partial charge in [-0.05, 0) is 31.5 Å². The molecule has 0 heterocycles. The van der Waals surface area contributed by atoms with Crippen LogP contribution in [0.3, 0.4) is 0 Å². The third-order valence-electron chi connectivity index (χ3n) is 4.04. The van der Waals surface area contributed by atoms with Gasteiger partial charge in [-0.3, -0.25) is 14.8 Å². The highest BCUT2D eigenvalue weighted by atomic mass is 16.8. The average molecular weight is 355 g/mol. The van der Waals surface area contributed by atoms with Crippen molar-refractivity contribution in [3.63, 3.8) is 0 Å². The summed E-state index contributed by atoms with van der Waals surface area (Å²) in [5.74, 6) is -3.43. The van der Waals surface area contributed by atoms with Crippen LogP contribution >= 0.6 is 0 Å². The van der Waals surface area contributed by atoms with E-state index in [0.717, 1.165) is 0 Å². The Bertz CT molecular complexity index is 782. The second-order valence-electron chi connectivity index (χ2n) is 5.75. The van der Waals surface area contributed by atoms with Crippen LogP contribution in [0, 0.1) is 11.1 Å². The zero-order valence-corrected chi connectivity index (χ0v) is 14.7. The first-order valence-electron chi connectivity index (χ1n) is 8.27. The number of hydrogen-bond acceptors (Lipinski definition) is 5. The van der Waals surface area contributed by atoms with E-state index >= 15 is 0 Å². The summed E-state index contributed by atoms with van der Waals surface area (Å²) in [4.78, 5) is 24.5. The minimum Gasteiger partial charge on any atom is -0.465 e. The van der Waals surface area contributed by atoms with Crippen LogP contribution in [0.1, 0.15) is 30.9 Å². The summed E-state index contributed by atoms with van der Waals surface area (Å²) in [6, 6.07) is 17.1. The second-order valence-corrected chi connectivity index (χ2v) is 5.75. The predicted octanol–water partition coefficient (Wildman–Crippen LogP) is 2.93. The van der Waals surface area contributed by atoms with E-state index in [9.17, 15) is 20.0 Å². The Hall–Kier alpha value is -3.15. The van der Waals surface area contributed by atoms with Gasteiger partial charge in [-0.25, -0.2) is 0 Å². The molecule has 6 nitrogen and oxygen atoms in total. The Morgan fingerprint density at radius 2 is 1.62 bits per heavy atom. The molecule has 0 aliphatic rings. The number of esters is 1. The molecule has 0 bridgehead atoms. The first-order chi connectivity index (χ1) is 12.5. The van der Waals surface area contributed by atoms with Gasteiger partial charge in [0.15, 0.2) is 0 Å². The first kappa shape index (κ1) is 19.2. The third kappa shape index (κ3) is 4.27. The number of benzene rings is 2. The van der Waals surface area contributed by atoms with Crippen molar-refractivity contribution < 1.29 is 24.4 Å². The fraction of sp³-hybridized carbons (Fsp3) is 0.250. The number of ketones is 1. The largest absolute Gasteiger partial charge is 0.465 e. The van der Waals surface area contributed by atoms with Gasteiger partial charge in [0.2, 0.25) is 0 Å². The molecule has 0 amide bonds. The molecule has 0 aliphatic carbocycles. The maximum absolute atomic E-state index is 12.5. The molecule has 0 aliphatic heterocycles. The predicted molar refractivity (Wildman–Crippen MR) is 96.0 cm³/mol. The molecule has 2 aromatic rings. The number of Topliss-reactive ketones (excluding diaryl/α,β-unsaturated/α-hetero) is 1. The third-order valence-corrected chi connectivity index (χ3v) is 4.04. The summed E-state index contributed by atoms with van der Waals surface area (Å²) < 4.78 is 5.06. The summed E-state index contributed by atoms with van der Waals surface area (Å²) in [7, 11) is 0. The quantitative estimate of drug-likeness (QED) is 0.206. The average Bonchev–Trinajstić information content (AvgIpc) is 2.62. The van der Waals surface area contributed by atoms with Crippen molar-refractivity contribution in [3.8, 4) is 0 Å². The Kier molecular flexibility index (Phi) is 6.49. The van der Waals surface area contributed by atoms with Gasteiger partial charge in [-0.1, -0.05) is 48.5 Å². The summed E-state index contributed by atoms with van der Waals surface area (Å²) in [5, 5.41) is 21.9. The molecule has 0 spiro atoms. The van der Waals surface area contributed by atoms with Crippen LogP contribution in [0.2, 0.25) is 0 Å². The maximum Gasteiger partial charge on any atom is 0.317 e. The van der Waals surface area contributed by atoms with Crippen LogP contribution in [0.5, 0.6) is 0 Å². The van der Waals surface area contributed by atoms with Crippen LogP contribution in [-0.2, 0) is 14.3 Å². The van der Waals surface area contributed by atoms with E-state index in [0.29, 0.717) is 11.1 Å². The zero-order valence-electron chi connectivity index (χ0n) is 14.7. The van der Waals surface area contributed by atoms with Gasteiger partial charge in [-0.2, -0.15) is 0 Å². The first-order valence-corrected chi connectivity index (χ1v) is 8.27. The summed E-state index contributed by atoms with van der Waals surface area (Å²) >= 11 is 0. The van der Waals surface area contributed by atoms with Crippen molar-refractivity contribution in [2.45, 2.75) is 19.8 Å². The molecule has 0 saturated heterocycles. The van der Waals surface area contributed by atoms with Gasteiger partial charge in [0.05, 0.1) is 12.5 Å². The normalized spacial score (nSPS) is 14.1. The smallest absolute Gasteiger partial charge is 0.317 e. The molecule has 26 heavy (non-hydrogen) atoms. The molecule has 136 valence electrons. The molecular formula is C20H21NO5. The lowest BCUT2D eigenvalue weighted by Gasteiger charge is -2.23. The van der Waals surface area contributed by atoms with Gasteiger partial charge >= 0.3 is 5.97 Å². The monoisotopic (exact) mass is 355 g/mol. The van der Waals surface area contributed by atoms with Gasteiger partial charge in [0.1, 0.15) is 11.7 Å². The molecule has 0 aromatic heterocycles. The Labute approximate surface area is 151 Å². The van der Waals surface area contributed by atoms with Gasteiger partial charge in [0.25, 0.3) is 5.71 Å². The molecule has 0 saturated carbocycles. The van der Waals surface area contributed by atoms with Crippen LogP contribution in [0.25, 0.3) is 0 Å². The topological polar surface area (TPSA) is 89.7 Å². The van der Waals surface area contributed by atoms with Crippen molar-refractivity contribution in [2.75, 3.05) is 6.61 Å². The number of carbonyl (C=O) groups excluding carboxylic acids is 2. The highest BCUT2D eigenvalue weighted by Gasteiger charge is 2.43. The molecule has 6 heteroatoms. The van der Waals surface area contributed by atoms with Crippen LogP contribution in [-0.4, -0.2) is 34.2 Å². The van der Waals surface area contributed by atoms with Gasteiger partial charge in [-0.15, -0.1) is 0 Å². The molecule has 2 unspecified atom stereocenters. The number of rotatable bonds is 7. The Balaban J connectivity index is 2.69. The van der Waals surface area contributed by atoms with Gasteiger partial charge < -0.3 is 9.94 Å². The number of ether oxygens (including phenoxy) is 1. The molecule has 2 rings (SSSR count). The van der Waals surface area contributed by atoms with Crippen molar-refractivity contribution in [1.29, 1.82) is 0 Å². The highest BCUT2D eigenvalue weighted by Crippen LogP contribution is 2.31. The van der Waals surface area contributed by atoms with E-state index in [1.807, 2.05) is 0 Å². The van der Waals surface area contributed by atoms with Crippen molar-refractivity contribution >= 4 is 17.5 Å². The molecule has 0 radical (unpaired) electrons. The number of nitrogens with zero attached hydrogens (tertiary/aromatic N) is 1. The Morgan fingerprint density at radius 1 is 1.08 bits per heavy atom. The number of hydrogen-bond donors (Lipinski definition) is 1. The SMILES string of the molecule is CCOC(=O)C(C(C)=O)C(/C(c1ccccc1)=[N+](/[O-])O)c1ccccc1. The van der Waals surface area contributed by atoms with Crippen molar-refractivity contribution in [3.05, 3.63) is 77.0 Å². The van der Waals surface area contributed by atoms with Gasteiger partial charge in [0, 0.05) is 10.5 Å². The van der Waals surface area contributed by atoms with E-state index in [2.05, 4.69) is 0 Å². The zero-order chi connectivity index (χ0) is 19.1. The summed E-state index contributed by atoms with van der Waals surface area (Å²) in [6.07, 6.45) is 0. The minimum atomic E-state index is -1.25. The summed E-state index contributed by atoms with van der Waals surface area (Å²) in [5.41, 5.74) is 0.869. The standard InChI is InChI=1S/C20H21NO5/c1-3-26-20(23)17(14(2)22)18(15-10-6-4-7-11-15)19(21(24)25)16-12-8-5-9-13-16/h4-13,17-18H,3H2,1-2H3,(H,24,25). The van der Waals surface area contributed by atoms with Crippen molar-refractivity contribution in [2.24, 2.45) is 5.92 Å². The van der Waals surface area contributed by atoms with E-state index < -0.39 is 23.6 Å². The second kappa shape index (κ2) is 8.80. The van der Waals surface area contributed by atoms with Crippen LogP contribution < -0.4 is 0 Å². The van der Waals surface area contributed by atoms with Crippen molar-refractivity contribution in [1.82, 2.24) is 0 Å². The highest BCUT2D eigenvalue weighted by molar-refractivity contribution is 6.10. The van der Waals surface area contributed by atoms with Crippen LogP contribution in [0.4, 0.5) is 0 Å². The lowest BCUT2D eigenvalue weighted by atomic mass is 9.78. The Morgan fingerprint density at radius 3 is 2.08 bits per heavy atom. The molecule has 1 N–H and O–H groups in total. The maximum atomic E-state index is 12.5. The van der Waals surface area contributed by atoms with E-state index in [-0.39, 0.29) is 17.2 Å². The lowest BCUT2D eigenvalue weighted by Crippen LogP contribution is -2.37. The fourth-order valence-electron chi connectivity index (χ4n) is 2.96. The number of carbonyl (C=O) groups is 2. The molecular weight excluding hydrogens is 334 g/mol.